The maximum Gasteiger partial charge on any atom is 0.0302 e. The van der Waals surface area contributed by atoms with Crippen LogP contribution in [-0.4, -0.2) is 30.1 Å². The Morgan fingerprint density at radius 3 is 2.50 bits per heavy atom. The lowest BCUT2D eigenvalue weighted by Gasteiger charge is -2.36. The lowest BCUT2D eigenvalue weighted by Crippen LogP contribution is -2.46. The van der Waals surface area contributed by atoms with Gasteiger partial charge in [0.15, 0.2) is 0 Å². The standard InChI is InChI=1S/C15H24N2S/c1-3-14-6-7-15(18-14)10-16-11-8-12-4-5-13(9-11)17(12)2/h6-7,11-13,16H,3-5,8-10H2,1-2H3. The van der Waals surface area contributed by atoms with Gasteiger partial charge in [0.25, 0.3) is 0 Å². The van der Waals surface area contributed by atoms with E-state index in [1.807, 2.05) is 11.3 Å². The largest absolute Gasteiger partial charge is 0.309 e. The van der Waals surface area contributed by atoms with Gasteiger partial charge in [-0.05, 0) is 51.3 Å². The molecule has 0 radical (unpaired) electrons. The lowest BCUT2D eigenvalue weighted by atomic mass is 9.98. The first-order chi connectivity index (χ1) is 8.76. The van der Waals surface area contributed by atoms with Gasteiger partial charge in [0.1, 0.15) is 0 Å². The van der Waals surface area contributed by atoms with Crippen LogP contribution in [-0.2, 0) is 13.0 Å². The predicted molar refractivity (Wildman–Crippen MR) is 78.1 cm³/mol. The Morgan fingerprint density at radius 2 is 1.89 bits per heavy atom. The van der Waals surface area contributed by atoms with Crippen LogP contribution in [0.5, 0.6) is 0 Å². The zero-order valence-corrected chi connectivity index (χ0v) is 12.3. The van der Waals surface area contributed by atoms with Crippen molar-refractivity contribution in [1.82, 2.24) is 10.2 Å². The van der Waals surface area contributed by atoms with Crippen LogP contribution in [0.3, 0.4) is 0 Å². The fourth-order valence-electron chi connectivity index (χ4n) is 3.53. The summed E-state index contributed by atoms with van der Waals surface area (Å²) in [5, 5.41) is 3.78. The fraction of sp³-hybridized carbons (Fsp3) is 0.733. The molecule has 2 saturated heterocycles. The van der Waals surface area contributed by atoms with Gasteiger partial charge in [0.05, 0.1) is 0 Å². The van der Waals surface area contributed by atoms with E-state index in [2.05, 4.69) is 36.3 Å². The summed E-state index contributed by atoms with van der Waals surface area (Å²) in [6.45, 7) is 3.30. The maximum atomic E-state index is 3.78. The molecule has 1 aromatic rings. The van der Waals surface area contributed by atoms with E-state index in [4.69, 9.17) is 0 Å². The topological polar surface area (TPSA) is 15.3 Å². The number of rotatable bonds is 4. The summed E-state index contributed by atoms with van der Waals surface area (Å²) in [6.07, 6.45) is 6.69. The summed E-state index contributed by atoms with van der Waals surface area (Å²) in [5.41, 5.74) is 0. The molecule has 100 valence electrons. The summed E-state index contributed by atoms with van der Waals surface area (Å²) < 4.78 is 0. The Kier molecular flexibility index (Phi) is 3.73. The highest BCUT2D eigenvalue weighted by atomic mass is 32.1. The summed E-state index contributed by atoms with van der Waals surface area (Å²) in [6, 6.07) is 7.00. The van der Waals surface area contributed by atoms with Gasteiger partial charge in [-0.3, -0.25) is 0 Å². The molecular weight excluding hydrogens is 240 g/mol. The third-order valence-electron chi connectivity index (χ3n) is 4.73. The molecule has 2 aliphatic heterocycles. The highest BCUT2D eigenvalue weighted by molar-refractivity contribution is 7.11. The van der Waals surface area contributed by atoms with Crippen LogP contribution in [0.15, 0.2) is 12.1 Å². The van der Waals surface area contributed by atoms with E-state index in [0.29, 0.717) is 0 Å². The van der Waals surface area contributed by atoms with Crippen LogP contribution in [0, 0.1) is 0 Å². The van der Waals surface area contributed by atoms with E-state index < -0.39 is 0 Å². The van der Waals surface area contributed by atoms with Crippen molar-refractivity contribution >= 4 is 11.3 Å². The molecule has 0 saturated carbocycles. The van der Waals surface area contributed by atoms with Crippen LogP contribution < -0.4 is 5.32 Å². The zero-order valence-electron chi connectivity index (χ0n) is 11.5. The zero-order chi connectivity index (χ0) is 12.5. The summed E-state index contributed by atoms with van der Waals surface area (Å²) >= 11 is 1.97. The van der Waals surface area contributed by atoms with E-state index >= 15 is 0 Å². The van der Waals surface area contributed by atoms with E-state index in [0.717, 1.165) is 24.7 Å². The number of fused-ring (bicyclic) bond motifs is 2. The third kappa shape index (κ3) is 2.49. The van der Waals surface area contributed by atoms with Crippen molar-refractivity contribution < 1.29 is 0 Å². The second-order valence-corrected chi connectivity index (χ2v) is 7.07. The fourth-order valence-corrected chi connectivity index (χ4v) is 4.44. The minimum Gasteiger partial charge on any atom is -0.309 e. The van der Waals surface area contributed by atoms with Crippen molar-refractivity contribution in [1.29, 1.82) is 0 Å². The van der Waals surface area contributed by atoms with Crippen LogP contribution in [0.1, 0.15) is 42.4 Å². The lowest BCUT2D eigenvalue weighted by molar-refractivity contribution is 0.148. The van der Waals surface area contributed by atoms with Crippen LogP contribution in [0.2, 0.25) is 0 Å². The van der Waals surface area contributed by atoms with Gasteiger partial charge in [0, 0.05) is 34.4 Å². The van der Waals surface area contributed by atoms with Gasteiger partial charge in [-0.25, -0.2) is 0 Å². The van der Waals surface area contributed by atoms with Crippen LogP contribution in [0.4, 0.5) is 0 Å². The van der Waals surface area contributed by atoms with Crippen molar-refractivity contribution in [3.05, 3.63) is 21.9 Å². The molecule has 2 aliphatic rings. The van der Waals surface area contributed by atoms with Crippen molar-refractivity contribution in [2.75, 3.05) is 7.05 Å². The molecule has 3 rings (SSSR count). The van der Waals surface area contributed by atoms with Gasteiger partial charge in [-0.15, -0.1) is 11.3 Å². The van der Waals surface area contributed by atoms with E-state index in [9.17, 15) is 0 Å². The molecule has 2 bridgehead atoms. The van der Waals surface area contributed by atoms with Crippen LogP contribution >= 0.6 is 11.3 Å². The Bertz CT molecular complexity index is 387. The van der Waals surface area contributed by atoms with Crippen molar-refractivity contribution in [3.8, 4) is 0 Å². The van der Waals surface area contributed by atoms with Gasteiger partial charge in [-0.1, -0.05) is 6.92 Å². The molecular formula is C15H24N2S. The summed E-state index contributed by atoms with van der Waals surface area (Å²) in [4.78, 5) is 5.62. The van der Waals surface area contributed by atoms with Gasteiger partial charge < -0.3 is 10.2 Å². The first kappa shape index (κ1) is 12.6. The SMILES string of the molecule is CCc1ccc(CNC2CC3CCC(C2)N3C)s1. The number of thiophene rings is 1. The first-order valence-electron chi connectivity index (χ1n) is 7.29. The van der Waals surface area contributed by atoms with Crippen molar-refractivity contribution in [3.63, 3.8) is 0 Å². The smallest absolute Gasteiger partial charge is 0.0302 e. The molecule has 2 nitrogen and oxygen atoms in total. The van der Waals surface area contributed by atoms with Crippen LogP contribution in [0.25, 0.3) is 0 Å². The number of hydrogen-bond acceptors (Lipinski definition) is 3. The Balaban J connectivity index is 1.52. The molecule has 1 N–H and O–H groups in total. The normalized spacial score (nSPS) is 32.0. The molecule has 3 heterocycles. The second kappa shape index (κ2) is 5.32. The number of aryl methyl sites for hydroxylation is 1. The molecule has 2 fully saturated rings. The van der Waals surface area contributed by atoms with E-state index in [1.54, 1.807) is 0 Å². The van der Waals surface area contributed by atoms with E-state index in [1.165, 1.54) is 41.9 Å². The molecule has 3 heteroatoms. The Morgan fingerprint density at radius 1 is 1.22 bits per heavy atom. The molecule has 2 atom stereocenters. The maximum absolute atomic E-state index is 3.78. The molecule has 1 aromatic heterocycles. The van der Waals surface area contributed by atoms with Gasteiger partial charge in [-0.2, -0.15) is 0 Å². The quantitative estimate of drug-likeness (QED) is 0.899. The average molecular weight is 264 g/mol. The second-order valence-electron chi connectivity index (χ2n) is 5.82. The number of nitrogens with one attached hydrogen (secondary N) is 1. The highest BCUT2D eigenvalue weighted by Crippen LogP contribution is 2.34. The average Bonchev–Trinajstić information content (AvgIpc) is 2.90. The molecule has 18 heavy (non-hydrogen) atoms. The molecule has 2 unspecified atom stereocenters. The molecule has 0 spiro atoms. The Hall–Kier alpha value is -0.380. The Labute approximate surface area is 114 Å². The minimum atomic E-state index is 0.742. The number of nitrogens with zero attached hydrogens (tertiary/aromatic N) is 1. The van der Waals surface area contributed by atoms with Gasteiger partial charge >= 0.3 is 0 Å². The molecule has 0 aliphatic carbocycles. The first-order valence-corrected chi connectivity index (χ1v) is 8.10. The number of hydrogen-bond donors (Lipinski definition) is 1. The number of piperidine rings is 1. The highest BCUT2D eigenvalue weighted by Gasteiger charge is 2.37. The minimum absolute atomic E-state index is 0.742. The summed E-state index contributed by atoms with van der Waals surface area (Å²) in [7, 11) is 2.31. The third-order valence-corrected chi connectivity index (χ3v) is 5.96. The van der Waals surface area contributed by atoms with Crippen molar-refractivity contribution in [2.45, 2.75) is 63.7 Å². The van der Waals surface area contributed by atoms with Crippen molar-refractivity contribution in [2.24, 2.45) is 0 Å². The molecule has 0 amide bonds. The predicted octanol–water partition coefficient (Wildman–Crippen LogP) is 3.03. The monoisotopic (exact) mass is 264 g/mol. The molecule has 0 aromatic carbocycles. The van der Waals surface area contributed by atoms with Gasteiger partial charge in [0.2, 0.25) is 0 Å². The van der Waals surface area contributed by atoms with E-state index in [-0.39, 0.29) is 0 Å². The summed E-state index contributed by atoms with van der Waals surface area (Å²) in [5.74, 6) is 0.